The smallest absolute Gasteiger partial charge is 0.259 e. The van der Waals surface area contributed by atoms with Crippen LogP contribution in [-0.2, 0) is 17.8 Å². The number of aliphatic hydroxyl groups is 1. The average molecular weight is 365 g/mol. The summed E-state index contributed by atoms with van der Waals surface area (Å²) in [4.78, 5) is 30.4. The number of carbonyl (C=O) groups is 2. The van der Waals surface area contributed by atoms with E-state index < -0.39 is 11.9 Å². The van der Waals surface area contributed by atoms with Crippen LogP contribution >= 0.6 is 0 Å². The Morgan fingerprint density at radius 1 is 1.26 bits per heavy atom. The van der Waals surface area contributed by atoms with Gasteiger partial charge in [0.15, 0.2) is 5.82 Å². The van der Waals surface area contributed by atoms with Gasteiger partial charge in [-0.15, -0.1) is 0 Å². The molecule has 3 aromatic rings. The fourth-order valence-corrected chi connectivity index (χ4v) is 3.64. The Labute approximate surface area is 155 Å². The molecule has 8 heteroatoms. The van der Waals surface area contributed by atoms with Gasteiger partial charge in [-0.1, -0.05) is 24.3 Å². The van der Waals surface area contributed by atoms with Crippen LogP contribution in [0.4, 0.5) is 5.69 Å². The summed E-state index contributed by atoms with van der Waals surface area (Å²) < 4.78 is 1.53. The maximum absolute atomic E-state index is 13.1. The van der Waals surface area contributed by atoms with Gasteiger partial charge >= 0.3 is 0 Å². The second kappa shape index (κ2) is 6.48. The van der Waals surface area contributed by atoms with Crippen LogP contribution in [-0.4, -0.2) is 38.3 Å². The van der Waals surface area contributed by atoms with Gasteiger partial charge in [-0.2, -0.15) is 5.10 Å². The minimum atomic E-state index is -0.537. The first-order chi connectivity index (χ1) is 13.0. The van der Waals surface area contributed by atoms with Crippen molar-refractivity contribution in [1.29, 1.82) is 0 Å². The van der Waals surface area contributed by atoms with E-state index in [2.05, 4.69) is 10.1 Å². The molecule has 2 heterocycles. The molecular formula is C19H19N5O3. The second-order valence-corrected chi connectivity index (χ2v) is 6.51. The molecule has 1 atom stereocenters. The van der Waals surface area contributed by atoms with Gasteiger partial charge in [-0.3, -0.25) is 14.5 Å². The van der Waals surface area contributed by atoms with Crippen molar-refractivity contribution in [2.45, 2.75) is 25.9 Å². The second-order valence-electron chi connectivity index (χ2n) is 6.51. The van der Waals surface area contributed by atoms with Crippen molar-refractivity contribution in [3.63, 3.8) is 0 Å². The summed E-state index contributed by atoms with van der Waals surface area (Å²) in [5.74, 6) is 0.132. The van der Waals surface area contributed by atoms with Gasteiger partial charge in [0, 0.05) is 10.9 Å². The molecule has 1 aliphatic rings. The predicted molar refractivity (Wildman–Crippen MR) is 99.2 cm³/mol. The highest BCUT2D eigenvalue weighted by Crippen LogP contribution is 2.41. The molecule has 2 amide bonds. The quantitative estimate of drug-likeness (QED) is 0.681. The van der Waals surface area contributed by atoms with E-state index in [-0.39, 0.29) is 31.3 Å². The number of amides is 2. The Kier molecular flexibility index (Phi) is 4.12. The van der Waals surface area contributed by atoms with Crippen LogP contribution in [0.15, 0.2) is 36.4 Å². The van der Waals surface area contributed by atoms with Gasteiger partial charge < -0.3 is 10.8 Å². The first-order valence-electron chi connectivity index (χ1n) is 8.69. The van der Waals surface area contributed by atoms with Gasteiger partial charge in [-0.25, -0.2) is 9.67 Å². The van der Waals surface area contributed by atoms with Gasteiger partial charge in [0.05, 0.1) is 31.3 Å². The van der Waals surface area contributed by atoms with Crippen molar-refractivity contribution in [3.05, 3.63) is 53.6 Å². The van der Waals surface area contributed by atoms with E-state index in [1.54, 1.807) is 4.90 Å². The monoisotopic (exact) mass is 365 g/mol. The summed E-state index contributed by atoms with van der Waals surface area (Å²) in [6.07, 6.45) is -0.0953. The number of carbonyl (C=O) groups excluding carboxylic acids is 2. The van der Waals surface area contributed by atoms with E-state index >= 15 is 0 Å². The van der Waals surface area contributed by atoms with Crippen LogP contribution in [0.2, 0.25) is 0 Å². The lowest BCUT2D eigenvalue weighted by atomic mass is 10.1. The lowest BCUT2D eigenvalue weighted by Crippen LogP contribution is -2.32. The summed E-state index contributed by atoms with van der Waals surface area (Å²) in [7, 11) is 0. The van der Waals surface area contributed by atoms with Gasteiger partial charge in [0.1, 0.15) is 5.82 Å². The van der Waals surface area contributed by atoms with Gasteiger partial charge in [-0.05, 0) is 24.4 Å². The Balaban J connectivity index is 1.79. The Hall–Kier alpha value is -3.26. The van der Waals surface area contributed by atoms with E-state index in [0.29, 0.717) is 11.4 Å². The minimum Gasteiger partial charge on any atom is -0.394 e. The molecule has 0 spiro atoms. The summed E-state index contributed by atoms with van der Waals surface area (Å²) in [6, 6.07) is 11.0. The third kappa shape index (κ3) is 2.74. The zero-order valence-electron chi connectivity index (χ0n) is 14.8. The van der Waals surface area contributed by atoms with E-state index in [1.807, 2.05) is 43.3 Å². The van der Waals surface area contributed by atoms with E-state index in [9.17, 15) is 14.7 Å². The molecule has 1 aliphatic heterocycles. The Morgan fingerprint density at radius 2 is 2.00 bits per heavy atom. The highest BCUT2D eigenvalue weighted by atomic mass is 16.3. The lowest BCUT2D eigenvalue weighted by molar-refractivity contribution is -0.117. The molecule has 4 rings (SSSR count). The SMILES string of the molecule is CC(c1nc(CC(N)=O)nn1CCO)N1C(=O)c2cccc3cccc1c23. The van der Waals surface area contributed by atoms with Crippen LogP contribution in [0.5, 0.6) is 0 Å². The van der Waals surface area contributed by atoms with E-state index in [0.717, 1.165) is 16.5 Å². The van der Waals surface area contributed by atoms with Crippen LogP contribution in [0.3, 0.4) is 0 Å². The number of nitrogens with two attached hydrogens (primary N) is 1. The lowest BCUT2D eigenvalue weighted by Gasteiger charge is -2.25. The third-order valence-electron chi connectivity index (χ3n) is 4.74. The molecule has 1 unspecified atom stereocenters. The third-order valence-corrected chi connectivity index (χ3v) is 4.74. The average Bonchev–Trinajstić information content (AvgIpc) is 3.15. The Morgan fingerprint density at radius 3 is 2.70 bits per heavy atom. The fourth-order valence-electron chi connectivity index (χ4n) is 3.64. The molecule has 1 aromatic heterocycles. The number of aromatic nitrogens is 3. The summed E-state index contributed by atoms with van der Waals surface area (Å²) >= 11 is 0. The summed E-state index contributed by atoms with van der Waals surface area (Å²) in [5.41, 5.74) is 6.71. The summed E-state index contributed by atoms with van der Waals surface area (Å²) in [6.45, 7) is 1.93. The normalized spacial score (nSPS) is 14.1. The predicted octanol–water partition coefficient (Wildman–Crippen LogP) is 1.17. The highest BCUT2D eigenvalue weighted by molar-refractivity contribution is 6.25. The molecule has 0 saturated heterocycles. The van der Waals surface area contributed by atoms with Crippen LogP contribution in [0.25, 0.3) is 10.8 Å². The van der Waals surface area contributed by atoms with Crippen molar-refractivity contribution < 1.29 is 14.7 Å². The maximum atomic E-state index is 13.1. The molecule has 0 fully saturated rings. The molecule has 0 aliphatic carbocycles. The Bertz CT molecular complexity index is 1050. The van der Waals surface area contributed by atoms with Crippen LogP contribution in [0, 0.1) is 0 Å². The number of hydrogen-bond acceptors (Lipinski definition) is 5. The van der Waals surface area contributed by atoms with E-state index in [1.165, 1.54) is 4.68 Å². The zero-order valence-corrected chi connectivity index (χ0v) is 14.8. The highest BCUT2D eigenvalue weighted by Gasteiger charge is 2.35. The van der Waals surface area contributed by atoms with Crippen molar-refractivity contribution in [2.75, 3.05) is 11.5 Å². The number of benzene rings is 2. The number of anilines is 1. The maximum Gasteiger partial charge on any atom is 0.259 e. The molecule has 138 valence electrons. The van der Waals surface area contributed by atoms with Crippen molar-refractivity contribution in [3.8, 4) is 0 Å². The number of nitrogens with zero attached hydrogens (tertiary/aromatic N) is 4. The van der Waals surface area contributed by atoms with Crippen LogP contribution in [0.1, 0.15) is 35.0 Å². The van der Waals surface area contributed by atoms with Crippen molar-refractivity contribution >= 4 is 28.3 Å². The molecule has 2 aromatic carbocycles. The van der Waals surface area contributed by atoms with E-state index in [4.69, 9.17) is 5.73 Å². The molecule has 0 bridgehead atoms. The number of rotatable bonds is 6. The molecule has 3 N–H and O–H groups in total. The molecule has 0 radical (unpaired) electrons. The first-order valence-corrected chi connectivity index (χ1v) is 8.69. The fraction of sp³-hybridized carbons (Fsp3) is 0.263. The zero-order chi connectivity index (χ0) is 19.1. The van der Waals surface area contributed by atoms with Crippen molar-refractivity contribution in [2.24, 2.45) is 5.73 Å². The van der Waals surface area contributed by atoms with Gasteiger partial charge in [0.2, 0.25) is 5.91 Å². The molecule has 27 heavy (non-hydrogen) atoms. The number of primary amides is 1. The first kappa shape index (κ1) is 17.2. The van der Waals surface area contributed by atoms with Crippen LogP contribution < -0.4 is 10.6 Å². The number of hydrogen-bond donors (Lipinski definition) is 2. The van der Waals surface area contributed by atoms with Crippen molar-refractivity contribution in [1.82, 2.24) is 14.8 Å². The molecular weight excluding hydrogens is 346 g/mol. The summed E-state index contributed by atoms with van der Waals surface area (Å²) in [5, 5.41) is 15.5. The largest absolute Gasteiger partial charge is 0.394 e. The molecule has 8 nitrogen and oxygen atoms in total. The number of aliphatic hydroxyl groups excluding tert-OH is 1. The molecule has 0 saturated carbocycles. The topological polar surface area (TPSA) is 114 Å². The minimum absolute atomic E-state index is 0.0953. The standard InChI is InChI=1S/C19H19N5O3/c1-11(18-21-16(10-15(20)26)22-23(18)8-9-25)24-14-7-3-5-12-4-2-6-13(17(12)14)19(24)27/h2-7,11,25H,8-10H2,1H3,(H2,20,26). The van der Waals surface area contributed by atoms with Gasteiger partial charge in [0.25, 0.3) is 5.91 Å².